The van der Waals surface area contributed by atoms with Gasteiger partial charge in [-0.15, -0.1) is 11.3 Å². The third kappa shape index (κ3) is 4.98. The monoisotopic (exact) mass is 746 g/mol. The minimum Gasteiger partial charge on any atom is -0.455 e. The molecule has 0 unspecified atom stereocenters. The maximum atomic E-state index is 6.89. The zero-order valence-corrected chi connectivity index (χ0v) is 31.2. The predicted octanol–water partition coefficient (Wildman–Crippen LogP) is 13.9. The fourth-order valence-electron chi connectivity index (χ4n) is 8.50. The van der Waals surface area contributed by atoms with E-state index >= 15 is 0 Å². The molecular formula is C51H30N4OS. The summed E-state index contributed by atoms with van der Waals surface area (Å²) in [6.07, 6.45) is 0. The SMILES string of the molecule is c1ccc(-c2nc(-c3ccccc3)nc(-c3cccc4oc5c(-c6ccccc6)cc(-n6c7ccccc7c7c8sc9ccccc9c8ccc76)cc5c34)n2)cc1. The molecule has 5 nitrogen and oxygen atoms in total. The summed E-state index contributed by atoms with van der Waals surface area (Å²) in [5, 5.41) is 7.05. The van der Waals surface area contributed by atoms with Crippen molar-refractivity contribution in [3.8, 4) is 51.0 Å². The molecule has 0 aliphatic heterocycles. The van der Waals surface area contributed by atoms with E-state index in [4.69, 9.17) is 19.4 Å². The second-order valence-electron chi connectivity index (χ2n) is 14.3. The average molecular weight is 747 g/mol. The molecule has 0 radical (unpaired) electrons. The zero-order valence-electron chi connectivity index (χ0n) is 30.4. The van der Waals surface area contributed by atoms with Crippen LogP contribution in [0, 0.1) is 0 Å². The first kappa shape index (κ1) is 31.9. The van der Waals surface area contributed by atoms with E-state index in [-0.39, 0.29) is 0 Å². The van der Waals surface area contributed by atoms with Crippen molar-refractivity contribution in [2.24, 2.45) is 0 Å². The Balaban J connectivity index is 1.18. The zero-order chi connectivity index (χ0) is 37.5. The molecule has 0 amide bonds. The van der Waals surface area contributed by atoms with E-state index in [0.29, 0.717) is 17.5 Å². The summed E-state index contributed by atoms with van der Waals surface area (Å²) >= 11 is 1.87. The Kier molecular flexibility index (Phi) is 7.03. The van der Waals surface area contributed by atoms with Gasteiger partial charge in [-0.1, -0.05) is 146 Å². The first-order chi connectivity index (χ1) is 28.3. The fourth-order valence-corrected chi connectivity index (χ4v) is 9.76. The molecule has 57 heavy (non-hydrogen) atoms. The van der Waals surface area contributed by atoms with Crippen LogP contribution in [0.3, 0.4) is 0 Å². The van der Waals surface area contributed by atoms with E-state index in [1.165, 1.54) is 36.5 Å². The van der Waals surface area contributed by atoms with Crippen molar-refractivity contribution < 1.29 is 4.42 Å². The van der Waals surface area contributed by atoms with Gasteiger partial charge in [0.15, 0.2) is 17.5 Å². The molecule has 12 aromatic rings. The molecule has 0 atom stereocenters. The van der Waals surface area contributed by atoms with Crippen molar-refractivity contribution in [3.05, 3.63) is 182 Å². The molecule has 6 heteroatoms. The molecule has 0 saturated heterocycles. The summed E-state index contributed by atoms with van der Waals surface area (Å²) < 4.78 is 11.9. The third-order valence-electron chi connectivity index (χ3n) is 11.0. The Bertz CT molecular complexity index is 3460. The highest BCUT2D eigenvalue weighted by Gasteiger charge is 2.23. The number of benzene rings is 8. The Hall–Kier alpha value is -7.41. The van der Waals surface area contributed by atoms with E-state index in [9.17, 15) is 0 Å². The van der Waals surface area contributed by atoms with Gasteiger partial charge in [0, 0.05) is 69.7 Å². The second kappa shape index (κ2) is 12.6. The second-order valence-corrected chi connectivity index (χ2v) is 15.4. The maximum Gasteiger partial charge on any atom is 0.164 e. The lowest BCUT2D eigenvalue weighted by Gasteiger charge is -2.12. The highest BCUT2D eigenvalue weighted by Crippen LogP contribution is 2.46. The van der Waals surface area contributed by atoms with Crippen molar-refractivity contribution in [1.82, 2.24) is 19.5 Å². The number of nitrogens with zero attached hydrogens (tertiary/aromatic N) is 4. The summed E-state index contributed by atoms with van der Waals surface area (Å²) in [6.45, 7) is 0. The third-order valence-corrected chi connectivity index (χ3v) is 12.2. The van der Waals surface area contributed by atoms with Crippen LogP contribution in [0.1, 0.15) is 0 Å². The molecule has 0 N–H and O–H groups in total. The number of fused-ring (bicyclic) bond motifs is 10. The highest BCUT2D eigenvalue weighted by atomic mass is 32.1. The highest BCUT2D eigenvalue weighted by molar-refractivity contribution is 7.26. The van der Waals surface area contributed by atoms with Gasteiger partial charge in [0.25, 0.3) is 0 Å². The van der Waals surface area contributed by atoms with Gasteiger partial charge in [-0.25, -0.2) is 15.0 Å². The van der Waals surface area contributed by atoms with Crippen LogP contribution in [-0.2, 0) is 0 Å². The van der Waals surface area contributed by atoms with Crippen molar-refractivity contribution in [2.45, 2.75) is 0 Å². The smallest absolute Gasteiger partial charge is 0.164 e. The average Bonchev–Trinajstić information content (AvgIpc) is 3.96. The van der Waals surface area contributed by atoms with Gasteiger partial charge in [0.05, 0.1) is 11.0 Å². The summed E-state index contributed by atoms with van der Waals surface area (Å²) in [6, 6.07) is 63.6. The number of rotatable bonds is 5. The van der Waals surface area contributed by atoms with Crippen LogP contribution in [0.2, 0.25) is 0 Å². The van der Waals surface area contributed by atoms with Crippen LogP contribution in [0.5, 0.6) is 0 Å². The number of thiophene rings is 1. The summed E-state index contributed by atoms with van der Waals surface area (Å²) in [5.41, 5.74) is 9.80. The first-order valence-corrected chi connectivity index (χ1v) is 19.8. The Morgan fingerprint density at radius 2 is 1.05 bits per heavy atom. The van der Waals surface area contributed by atoms with Gasteiger partial charge in [-0.3, -0.25) is 0 Å². The van der Waals surface area contributed by atoms with Gasteiger partial charge in [0.2, 0.25) is 0 Å². The summed E-state index contributed by atoms with van der Waals surface area (Å²) in [7, 11) is 0. The van der Waals surface area contributed by atoms with E-state index in [2.05, 4.69) is 114 Å². The van der Waals surface area contributed by atoms with Crippen molar-refractivity contribution >= 4 is 75.3 Å². The lowest BCUT2D eigenvalue weighted by Crippen LogP contribution is -2.00. The van der Waals surface area contributed by atoms with E-state index in [1.54, 1.807) is 0 Å². The molecule has 0 saturated carbocycles. The van der Waals surface area contributed by atoms with Crippen LogP contribution in [0.25, 0.3) is 115 Å². The quantitative estimate of drug-likeness (QED) is 0.176. The number of para-hydroxylation sites is 1. The number of hydrogen-bond acceptors (Lipinski definition) is 5. The van der Waals surface area contributed by atoms with Gasteiger partial charge in [-0.05, 0) is 42.0 Å². The van der Waals surface area contributed by atoms with Crippen LogP contribution in [0.4, 0.5) is 0 Å². The lowest BCUT2D eigenvalue weighted by atomic mass is 9.99. The van der Waals surface area contributed by atoms with Crippen molar-refractivity contribution in [3.63, 3.8) is 0 Å². The largest absolute Gasteiger partial charge is 0.455 e. The van der Waals surface area contributed by atoms with Gasteiger partial charge < -0.3 is 8.98 Å². The Morgan fingerprint density at radius 3 is 1.79 bits per heavy atom. The van der Waals surface area contributed by atoms with E-state index in [1.807, 2.05) is 84.1 Å². The Labute approximate surface area is 330 Å². The molecule has 0 aliphatic carbocycles. The van der Waals surface area contributed by atoms with Crippen LogP contribution in [0.15, 0.2) is 186 Å². The van der Waals surface area contributed by atoms with Crippen LogP contribution >= 0.6 is 11.3 Å². The van der Waals surface area contributed by atoms with Crippen LogP contribution in [-0.4, -0.2) is 19.5 Å². The molecular weight excluding hydrogens is 717 g/mol. The molecule has 4 heterocycles. The standard InChI is InChI=1S/C51H30N4OS/c1-4-15-31(16-5-1)39-29-34(55-41-24-12-10-22-37(41)46-42(55)28-27-36-35-21-11-13-26-44(35)57-48(36)46)30-40-45-38(23-14-25-43(45)56-47(39)40)51-53-49(32-17-6-2-7-18-32)52-50(54-51)33-19-8-3-9-20-33/h1-30H. The first-order valence-electron chi connectivity index (χ1n) is 19.0. The summed E-state index contributed by atoms with van der Waals surface area (Å²) in [4.78, 5) is 15.3. The maximum absolute atomic E-state index is 6.89. The molecule has 0 aliphatic rings. The number of hydrogen-bond donors (Lipinski definition) is 0. The molecule has 0 spiro atoms. The molecule has 0 fully saturated rings. The minimum atomic E-state index is 0.590. The fraction of sp³-hybridized carbons (Fsp3) is 0. The van der Waals surface area contributed by atoms with E-state index < -0.39 is 0 Å². The molecule has 12 rings (SSSR count). The topological polar surface area (TPSA) is 56.7 Å². The van der Waals surface area contributed by atoms with Crippen molar-refractivity contribution in [1.29, 1.82) is 0 Å². The minimum absolute atomic E-state index is 0.590. The predicted molar refractivity (Wildman–Crippen MR) is 236 cm³/mol. The molecule has 8 aromatic carbocycles. The molecule has 4 aromatic heterocycles. The van der Waals surface area contributed by atoms with E-state index in [0.717, 1.165) is 61.0 Å². The van der Waals surface area contributed by atoms with Crippen LogP contribution < -0.4 is 0 Å². The number of furan rings is 1. The lowest BCUT2D eigenvalue weighted by molar-refractivity contribution is 0.670. The normalized spacial score (nSPS) is 11.9. The van der Waals surface area contributed by atoms with Gasteiger partial charge in [-0.2, -0.15) is 0 Å². The van der Waals surface area contributed by atoms with Crippen molar-refractivity contribution in [2.75, 3.05) is 0 Å². The molecule has 266 valence electrons. The van der Waals surface area contributed by atoms with Gasteiger partial charge in [0.1, 0.15) is 11.2 Å². The number of aromatic nitrogens is 4. The molecule has 0 bridgehead atoms. The Morgan fingerprint density at radius 1 is 0.421 bits per heavy atom. The van der Waals surface area contributed by atoms with Gasteiger partial charge >= 0.3 is 0 Å². The summed E-state index contributed by atoms with van der Waals surface area (Å²) in [5.74, 6) is 1.83.